The van der Waals surface area contributed by atoms with E-state index in [1.165, 1.54) is 17.2 Å². The van der Waals surface area contributed by atoms with Crippen LogP contribution in [0.4, 0.5) is 23.4 Å². The van der Waals surface area contributed by atoms with Gasteiger partial charge in [-0.1, -0.05) is 6.07 Å². The number of amides is 2. The number of anilines is 1. The van der Waals surface area contributed by atoms with E-state index < -0.39 is 47.4 Å². The number of halogens is 4. The van der Waals surface area contributed by atoms with Crippen LogP contribution in [0.3, 0.4) is 0 Å². The minimum absolute atomic E-state index is 0.0323. The molecule has 3 aromatic carbocycles. The van der Waals surface area contributed by atoms with Gasteiger partial charge in [0.15, 0.2) is 11.6 Å². The van der Waals surface area contributed by atoms with Crippen molar-refractivity contribution in [3.05, 3.63) is 116 Å². The van der Waals surface area contributed by atoms with Crippen molar-refractivity contribution in [3.8, 4) is 11.3 Å². The highest BCUT2D eigenvalue weighted by Gasteiger charge is 2.32. The van der Waals surface area contributed by atoms with Crippen molar-refractivity contribution in [2.24, 2.45) is 0 Å². The number of benzene rings is 3. The first kappa shape index (κ1) is 33.7. The second kappa shape index (κ2) is 13.4. The van der Waals surface area contributed by atoms with E-state index in [4.69, 9.17) is 0 Å². The Morgan fingerprint density at radius 3 is 2.22 bits per heavy atom. The van der Waals surface area contributed by atoms with E-state index in [2.05, 4.69) is 15.6 Å². The minimum Gasteiger partial charge on any atom is -0.345 e. The number of carbonyl (C=O) groups excluding carboxylic acids is 3. The summed E-state index contributed by atoms with van der Waals surface area (Å²) in [6.45, 7) is 2.81. The van der Waals surface area contributed by atoms with Gasteiger partial charge in [-0.2, -0.15) is 13.2 Å². The van der Waals surface area contributed by atoms with Crippen molar-refractivity contribution >= 4 is 23.4 Å². The van der Waals surface area contributed by atoms with Gasteiger partial charge in [0.05, 0.1) is 30.0 Å². The second-order valence-corrected chi connectivity index (χ2v) is 10.9. The van der Waals surface area contributed by atoms with Crippen molar-refractivity contribution in [3.63, 3.8) is 0 Å². The number of rotatable bonds is 9. The number of likely N-dealkylation sites (N-methyl/N-ethyl adjacent to an activating group) is 1. The number of hydrogen-bond acceptors (Lipinski definition) is 6. The number of carbonyl (C=O) groups is 3. The first-order valence-electron chi connectivity index (χ1n) is 14.0. The van der Waals surface area contributed by atoms with E-state index in [0.29, 0.717) is 17.2 Å². The summed E-state index contributed by atoms with van der Waals surface area (Å²) in [7, 11) is 4.69. The number of ketones is 1. The van der Waals surface area contributed by atoms with Crippen LogP contribution in [0.15, 0.2) is 71.7 Å². The highest BCUT2D eigenvalue weighted by molar-refractivity contribution is 6.09. The fourth-order valence-corrected chi connectivity index (χ4v) is 4.62. The predicted molar refractivity (Wildman–Crippen MR) is 164 cm³/mol. The van der Waals surface area contributed by atoms with Gasteiger partial charge in [0.25, 0.3) is 11.5 Å². The molecule has 0 fully saturated rings. The van der Waals surface area contributed by atoms with E-state index in [1.807, 2.05) is 0 Å². The molecule has 4 rings (SSSR count). The lowest BCUT2D eigenvalue weighted by Crippen LogP contribution is -2.38. The Labute approximate surface area is 261 Å². The van der Waals surface area contributed by atoms with Crippen LogP contribution in [0.5, 0.6) is 0 Å². The quantitative estimate of drug-likeness (QED) is 0.199. The second-order valence-electron chi connectivity index (χ2n) is 10.9. The molecule has 0 aliphatic carbocycles. The van der Waals surface area contributed by atoms with Crippen LogP contribution < -0.4 is 16.2 Å². The number of hydrogen-bond donors (Lipinski definition) is 2. The minimum atomic E-state index is -4.85. The fourth-order valence-electron chi connectivity index (χ4n) is 4.62. The van der Waals surface area contributed by atoms with Crippen molar-refractivity contribution in [2.45, 2.75) is 32.6 Å². The molecule has 0 spiro atoms. The first-order chi connectivity index (χ1) is 21.6. The number of nitrogens with one attached hydrogen (secondary N) is 2. The molecule has 0 saturated carbocycles. The summed E-state index contributed by atoms with van der Waals surface area (Å²) in [6, 6.07) is 11.2. The molecule has 1 heterocycles. The molecule has 4 aromatic rings. The zero-order valence-corrected chi connectivity index (χ0v) is 25.6. The smallest absolute Gasteiger partial charge is 0.345 e. The van der Waals surface area contributed by atoms with Gasteiger partial charge in [-0.05, 0) is 86.6 Å². The lowest BCUT2D eigenvalue weighted by atomic mass is 9.97. The van der Waals surface area contributed by atoms with E-state index in [1.54, 1.807) is 53.2 Å². The fraction of sp³-hybridized carbons (Fsp3) is 0.242. The summed E-state index contributed by atoms with van der Waals surface area (Å²) >= 11 is 0. The van der Waals surface area contributed by atoms with Crippen LogP contribution in [0.25, 0.3) is 11.3 Å². The standard InChI is InChI=1S/C33H31F4N5O4/c1-18-6-7-22(31(45)41(4)5)15-26(18)27-16-39-29(40-30(44)19(2)38-3)32(46)42(27)17-20-12-23(14-24(13-20)33(35,36)37)28(43)21-8-10-25(34)11-9-21/h6-16,19,38H,17H2,1-5H3,(H,39,40,44)/t19-/m0/s1. The third-order valence-corrected chi connectivity index (χ3v) is 7.32. The first-order valence-corrected chi connectivity index (χ1v) is 14.0. The van der Waals surface area contributed by atoms with Crippen LogP contribution in [0.1, 0.15) is 49.9 Å². The lowest BCUT2D eigenvalue weighted by Gasteiger charge is -2.19. The maximum absolute atomic E-state index is 14.1. The Balaban J connectivity index is 1.93. The van der Waals surface area contributed by atoms with Gasteiger partial charge in [-0.3, -0.25) is 23.7 Å². The summed E-state index contributed by atoms with van der Waals surface area (Å²) in [5.41, 5.74) is -0.923. The molecule has 9 nitrogen and oxygen atoms in total. The molecular formula is C33H31F4N5O4. The topological polar surface area (TPSA) is 113 Å². The molecule has 2 amide bonds. The Kier molecular flexibility index (Phi) is 9.86. The Morgan fingerprint density at radius 1 is 0.957 bits per heavy atom. The van der Waals surface area contributed by atoms with Gasteiger partial charge in [0.1, 0.15) is 5.82 Å². The van der Waals surface area contributed by atoms with Gasteiger partial charge in [-0.25, -0.2) is 9.37 Å². The number of alkyl halides is 3. The van der Waals surface area contributed by atoms with Crippen molar-refractivity contribution in [1.29, 1.82) is 0 Å². The van der Waals surface area contributed by atoms with Gasteiger partial charge in [0, 0.05) is 36.3 Å². The molecule has 0 radical (unpaired) electrons. The SMILES string of the molecule is CN[C@@H](C)C(=O)Nc1ncc(-c2cc(C(=O)N(C)C)ccc2C)n(Cc2cc(C(=O)c3ccc(F)cc3)cc(C(F)(F)F)c2)c1=O. The molecular weight excluding hydrogens is 606 g/mol. The van der Waals surface area contributed by atoms with E-state index in [0.717, 1.165) is 34.9 Å². The lowest BCUT2D eigenvalue weighted by molar-refractivity contribution is -0.137. The molecule has 0 unspecified atom stereocenters. The molecule has 1 atom stereocenters. The molecule has 0 aliphatic heterocycles. The normalized spacial score (nSPS) is 12.0. The molecule has 13 heteroatoms. The Bertz CT molecular complexity index is 1870. The average molecular weight is 638 g/mol. The van der Waals surface area contributed by atoms with E-state index in [9.17, 15) is 36.7 Å². The van der Waals surface area contributed by atoms with Crippen LogP contribution >= 0.6 is 0 Å². The van der Waals surface area contributed by atoms with Crippen molar-refractivity contribution < 1.29 is 31.9 Å². The largest absolute Gasteiger partial charge is 0.416 e. The Hall–Kier alpha value is -5.17. The van der Waals surface area contributed by atoms with Crippen LogP contribution in [0.2, 0.25) is 0 Å². The molecule has 1 aromatic heterocycles. The van der Waals surface area contributed by atoms with E-state index >= 15 is 0 Å². The summed E-state index contributed by atoms with van der Waals surface area (Å²) in [5.74, 6) is -2.68. The predicted octanol–water partition coefficient (Wildman–Crippen LogP) is 4.90. The Morgan fingerprint density at radius 2 is 1.61 bits per heavy atom. The maximum atomic E-state index is 14.1. The molecule has 2 N–H and O–H groups in total. The average Bonchev–Trinajstić information content (AvgIpc) is 3.02. The third-order valence-electron chi connectivity index (χ3n) is 7.32. The maximum Gasteiger partial charge on any atom is 0.416 e. The monoisotopic (exact) mass is 637 g/mol. The van der Waals surface area contributed by atoms with Crippen LogP contribution in [-0.2, 0) is 17.5 Å². The van der Waals surface area contributed by atoms with Crippen molar-refractivity contribution in [1.82, 2.24) is 19.8 Å². The van der Waals surface area contributed by atoms with Crippen molar-refractivity contribution in [2.75, 3.05) is 26.5 Å². The van der Waals surface area contributed by atoms with Gasteiger partial charge < -0.3 is 15.5 Å². The molecule has 0 aliphatic rings. The van der Waals surface area contributed by atoms with Gasteiger partial charge in [0.2, 0.25) is 5.91 Å². The van der Waals surface area contributed by atoms with E-state index in [-0.39, 0.29) is 39.7 Å². The van der Waals surface area contributed by atoms with Gasteiger partial charge >= 0.3 is 6.18 Å². The zero-order valence-electron chi connectivity index (χ0n) is 25.6. The molecule has 46 heavy (non-hydrogen) atoms. The van der Waals surface area contributed by atoms with Gasteiger partial charge in [-0.15, -0.1) is 0 Å². The molecule has 240 valence electrons. The van der Waals surface area contributed by atoms with Crippen LogP contribution in [0, 0.1) is 12.7 Å². The summed E-state index contributed by atoms with van der Waals surface area (Å²) in [5, 5.41) is 5.18. The number of aromatic nitrogens is 2. The van der Waals surface area contributed by atoms with Crippen LogP contribution in [-0.4, -0.2) is 59.2 Å². The molecule has 0 saturated heterocycles. The molecule has 0 bridgehead atoms. The summed E-state index contributed by atoms with van der Waals surface area (Å²) < 4.78 is 56.8. The third kappa shape index (κ3) is 7.37. The highest BCUT2D eigenvalue weighted by Crippen LogP contribution is 2.32. The highest BCUT2D eigenvalue weighted by atomic mass is 19.4. The summed E-state index contributed by atoms with van der Waals surface area (Å²) in [4.78, 5) is 58.0. The number of nitrogens with zero attached hydrogens (tertiary/aromatic N) is 3. The zero-order chi connectivity index (χ0) is 33.9. The number of aryl methyl sites for hydroxylation is 1. The summed E-state index contributed by atoms with van der Waals surface area (Å²) in [6.07, 6.45) is -3.56.